The molecule has 1 aromatic carbocycles. The van der Waals surface area contributed by atoms with Crippen molar-refractivity contribution < 1.29 is 9.32 Å². The number of H-pyrrole nitrogens is 3. The molecule has 0 spiro atoms. The van der Waals surface area contributed by atoms with Crippen LogP contribution in [-0.2, 0) is 6.42 Å². The molecule has 0 saturated heterocycles. The zero-order valence-electron chi connectivity index (χ0n) is 17.6. The van der Waals surface area contributed by atoms with E-state index in [1.807, 2.05) is 6.07 Å². The molecule has 0 bridgehead atoms. The minimum Gasteiger partial charge on any atom is -0.378 e. The Labute approximate surface area is 200 Å². The van der Waals surface area contributed by atoms with Gasteiger partial charge in [0.05, 0.1) is 11.6 Å². The molecule has 13 heteroatoms. The van der Waals surface area contributed by atoms with Crippen LogP contribution in [0.3, 0.4) is 0 Å². The molecule has 0 unspecified atom stereocenters. The number of rotatable bonds is 8. The molecule has 172 valence electrons. The third kappa shape index (κ3) is 4.70. The van der Waals surface area contributed by atoms with Crippen molar-refractivity contribution in [2.24, 2.45) is 0 Å². The van der Waals surface area contributed by atoms with Gasteiger partial charge in [-0.2, -0.15) is 10.4 Å². The summed E-state index contributed by atoms with van der Waals surface area (Å²) in [5.41, 5.74) is 1.69. The van der Waals surface area contributed by atoms with Crippen LogP contribution in [0.2, 0.25) is 0 Å². The van der Waals surface area contributed by atoms with Gasteiger partial charge in [0.1, 0.15) is 10.6 Å². The molecule has 0 aliphatic heterocycles. The molecular weight excluding hydrogens is 476 g/mol. The highest BCUT2D eigenvalue weighted by atomic mass is 32.1. The van der Waals surface area contributed by atoms with E-state index >= 15 is 0 Å². The first-order valence-corrected chi connectivity index (χ1v) is 11.6. The van der Waals surface area contributed by atoms with E-state index in [2.05, 4.69) is 35.7 Å². The monoisotopic (exact) mass is 494 g/mol. The van der Waals surface area contributed by atoms with Gasteiger partial charge in [-0.15, -0.1) is 10.2 Å². The Balaban J connectivity index is 1.39. The van der Waals surface area contributed by atoms with Crippen LogP contribution in [0.25, 0.3) is 21.7 Å². The fourth-order valence-corrected chi connectivity index (χ4v) is 4.55. The molecule has 0 aliphatic rings. The fourth-order valence-electron chi connectivity index (χ4n) is 3.50. The maximum Gasteiger partial charge on any atom is 0.280 e. The summed E-state index contributed by atoms with van der Waals surface area (Å²) in [5.74, 6) is 1.40. The summed E-state index contributed by atoms with van der Waals surface area (Å²) in [6, 6.07) is 11.9. The largest absolute Gasteiger partial charge is 0.378 e. The number of thiazole rings is 1. The number of amides is 1. The van der Waals surface area contributed by atoms with Crippen molar-refractivity contribution >= 4 is 45.6 Å². The predicted molar refractivity (Wildman–Crippen MR) is 128 cm³/mol. The maximum absolute atomic E-state index is 13.5. The number of anilines is 1. The number of unbranched alkanes of at least 4 members (excludes halogenated alkanes) is 1. The standard InChI is InChI=1S/C21H18N8O3S2/c30-18-11-15(32-26-18)12-4-6-13(7-5-12)20(31)29(10-2-1-3-16-24-27-28-25-16)17-9-8-14-19(23-17)34-21(33)22-14/h4-9,11H,1-3,10H2,(H,22,33)(H,26,30)(H,24,25,27,28). The van der Waals surface area contributed by atoms with Crippen LogP contribution < -0.4 is 10.5 Å². The molecule has 4 aromatic heterocycles. The van der Waals surface area contributed by atoms with E-state index < -0.39 is 0 Å². The quantitative estimate of drug-likeness (QED) is 0.219. The van der Waals surface area contributed by atoms with Crippen LogP contribution in [0.15, 0.2) is 51.8 Å². The predicted octanol–water partition coefficient (Wildman–Crippen LogP) is 3.48. The van der Waals surface area contributed by atoms with Crippen LogP contribution in [0.4, 0.5) is 5.82 Å². The molecule has 5 aromatic rings. The van der Waals surface area contributed by atoms with Crippen molar-refractivity contribution in [1.29, 1.82) is 0 Å². The number of aryl methyl sites for hydroxylation is 1. The van der Waals surface area contributed by atoms with Crippen molar-refractivity contribution in [3.8, 4) is 11.3 Å². The highest BCUT2D eigenvalue weighted by Gasteiger charge is 2.20. The number of nitrogens with one attached hydrogen (secondary N) is 3. The SMILES string of the molecule is O=C(c1ccc(-c2cc(=O)[nH]o2)cc1)N(CCCCc1nn[nH]n1)c1ccc2[nH]c(=S)sc2n1. The molecule has 34 heavy (non-hydrogen) atoms. The number of aromatic nitrogens is 7. The van der Waals surface area contributed by atoms with Crippen LogP contribution in [-0.4, -0.2) is 48.2 Å². The molecule has 0 saturated carbocycles. The maximum atomic E-state index is 13.5. The molecule has 3 N–H and O–H groups in total. The lowest BCUT2D eigenvalue weighted by Gasteiger charge is -2.22. The number of carbonyl (C=O) groups excluding carboxylic acids is 1. The van der Waals surface area contributed by atoms with E-state index in [0.717, 1.165) is 23.2 Å². The molecule has 5 rings (SSSR count). The van der Waals surface area contributed by atoms with Crippen molar-refractivity contribution in [2.45, 2.75) is 19.3 Å². The first-order chi connectivity index (χ1) is 16.6. The van der Waals surface area contributed by atoms with Gasteiger partial charge in [-0.25, -0.2) is 4.98 Å². The summed E-state index contributed by atoms with van der Waals surface area (Å²) < 4.78 is 5.77. The number of pyridine rings is 1. The summed E-state index contributed by atoms with van der Waals surface area (Å²) in [5, 5.41) is 16.2. The Morgan fingerprint density at radius 3 is 2.74 bits per heavy atom. The number of benzene rings is 1. The lowest BCUT2D eigenvalue weighted by molar-refractivity contribution is 0.0986. The topological polar surface area (TPSA) is 149 Å². The molecule has 4 heterocycles. The van der Waals surface area contributed by atoms with Crippen molar-refractivity contribution in [2.75, 3.05) is 11.4 Å². The molecule has 0 fully saturated rings. The van der Waals surface area contributed by atoms with Gasteiger partial charge in [0, 0.05) is 24.1 Å². The Hall–Kier alpha value is -3.97. The average Bonchev–Trinajstić information content (AvgIpc) is 3.59. The van der Waals surface area contributed by atoms with Gasteiger partial charge in [-0.05, 0) is 49.3 Å². The molecule has 0 atom stereocenters. The summed E-state index contributed by atoms with van der Waals surface area (Å²) in [7, 11) is 0. The van der Waals surface area contributed by atoms with Crippen LogP contribution in [0.1, 0.15) is 29.0 Å². The van der Waals surface area contributed by atoms with E-state index in [0.29, 0.717) is 45.4 Å². The molecule has 0 radical (unpaired) electrons. The molecule has 1 amide bonds. The van der Waals surface area contributed by atoms with Crippen molar-refractivity contribution in [3.05, 3.63) is 68.2 Å². The van der Waals surface area contributed by atoms with Gasteiger partial charge in [0.2, 0.25) is 0 Å². The third-order valence-corrected chi connectivity index (χ3v) is 6.30. The third-order valence-electron chi connectivity index (χ3n) is 5.15. The lowest BCUT2D eigenvalue weighted by atomic mass is 10.1. The zero-order valence-corrected chi connectivity index (χ0v) is 19.3. The molecular formula is C21H18N8O3S2. The summed E-state index contributed by atoms with van der Waals surface area (Å²) in [6.45, 7) is 0.458. The summed E-state index contributed by atoms with van der Waals surface area (Å²) >= 11 is 6.59. The second-order valence-corrected chi connectivity index (χ2v) is 9.10. The second-order valence-electron chi connectivity index (χ2n) is 7.43. The van der Waals surface area contributed by atoms with E-state index in [4.69, 9.17) is 16.7 Å². The van der Waals surface area contributed by atoms with E-state index in [1.165, 1.54) is 17.4 Å². The number of fused-ring (bicyclic) bond motifs is 1. The Kier molecular flexibility index (Phi) is 6.10. The van der Waals surface area contributed by atoms with Crippen molar-refractivity contribution in [1.82, 2.24) is 35.7 Å². The number of nitrogens with zero attached hydrogens (tertiary/aromatic N) is 5. The number of hydrogen-bond acceptors (Lipinski definition) is 9. The van der Waals surface area contributed by atoms with Gasteiger partial charge < -0.3 is 9.51 Å². The Morgan fingerprint density at radius 1 is 1.15 bits per heavy atom. The van der Waals surface area contributed by atoms with E-state index in [9.17, 15) is 9.59 Å². The van der Waals surface area contributed by atoms with Gasteiger partial charge in [0.25, 0.3) is 11.5 Å². The van der Waals surface area contributed by atoms with Crippen LogP contribution in [0.5, 0.6) is 0 Å². The normalized spacial score (nSPS) is 11.2. The highest BCUT2D eigenvalue weighted by molar-refractivity contribution is 7.73. The smallest absolute Gasteiger partial charge is 0.280 e. The number of aromatic amines is 3. The molecule has 11 nitrogen and oxygen atoms in total. The number of hydrogen-bond donors (Lipinski definition) is 3. The van der Waals surface area contributed by atoms with E-state index in [1.54, 1.807) is 35.2 Å². The average molecular weight is 495 g/mol. The zero-order chi connectivity index (χ0) is 23.5. The highest BCUT2D eigenvalue weighted by Crippen LogP contribution is 2.24. The fraction of sp³-hybridized carbons (Fsp3) is 0.190. The molecule has 0 aliphatic carbocycles. The summed E-state index contributed by atoms with van der Waals surface area (Å²) in [6.07, 6.45) is 2.15. The van der Waals surface area contributed by atoms with E-state index in [-0.39, 0.29) is 11.5 Å². The van der Waals surface area contributed by atoms with Gasteiger partial charge in [-0.1, -0.05) is 28.7 Å². The minimum absolute atomic E-state index is 0.187. The number of carbonyl (C=O) groups is 1. The minimum atomic E-state index is -0.323. The van der Waals surface area contributed by atoms with Gasteiger partial charge in [-0.3, -0.25) is 14.5 Å². The summed E-state index contributed by atoms with van der Waals surface area (Å²) in [4.78, 5) is 35.0. The van der Waals surface area contributed by atoms with Crippen molar-refractivity contribution in [3.63, 3.8) is 0 Å². The Morgan fingerprint density at radius 2 is 2.00 bits per heavy atom. The first-order valence-electron chi connectivity index (χ1n) is 10.4. The van der Waals surface area contributed by atoms with Crippen LogP contribution in [0, 0.1) is 3.95 Å². The lowest BCUT2D eigenvalue weighted by Crippen LogP contribution is -2.32. The first kappa shape index (κ1) is 21.9. The van der Waals surface area contributed by atoms with Gasteiger partial charge >= 0.3 is 0 Å². The number of tetrazole rings is 1. The second kappa shape index (κ2) is 9.49. The van der Waals surface area contributed by atoms with Crippen LogP contribution >= 0.6 is 23.6 Å². The Bertz CT molecular complexity index is 1530. The van der Waals surface area contributed by atoms with Gasteiger partial charge in [0.15, 0.2) is 15.5 Å².